The minimum Gasteiger partial charge on any atom is -0.375 e. The third-order valence-corrected chi connectivity index (χ3v) is 4.17. The first-order valence-electron chi connectivity index (χ1n) is 6.77. The average Bonchev–Trinajstić information content (AvgIpc) is 2.62. The molecule has 2 rings (SSSR count). The summed E-state index contributed by atoms with van der Waals surface area (Å²) in [5.74, 6) is 0. The van der Waals surface area contributed by atoms with Crippen molar-refractivity contribution in [1.82, 2.24) is 9.47 Å². The van der Waals surface area contributed by atoms with Crippen molar-refractivity contribution in [2.45, 2.75) is 45.9 Å². The smallest absolute Gasteiger partial charge is 0.120 e. The van der Waals surface area contributed by atoms with Crippen molar-refractivity contribution in [1.29, 1.82) is 5.26 Å². The molecule has 1 fully saturated rings. The van der Waals surface area contributed by atoms with Gasteiger partial charge < -0.3 is 9.30 Å². The lowest BCUT2D eigenvalue weighted by atomic mass is 10.00. The van der Waals surface area contributed by atoms with Crippen LogP contribution < -0.4 is 0 Å². The van der Waals surface area contributed by atoms with Crippen molar-refractivity contribution >= 4 is 0 Å². The Morgan fingerprint density at radius 1 is 1.53 bits per heavy atom. The predicted octanol–water partition coefficient (Wildman–Crippen LogP) is 2.20. The second-order valence-corrected chi connectivity index (χ2v) is 6.13. The molecule has 2 heterocycles. The summed E-state index contributed by atoms with van der Waals surface area (Å²) >= 11 is 0. The molecule has 4 heteroatoms. The zero-order valence-electron chi connectivity index (χ0n) is 12.5. The van der Waals surface area contributed by atoms with E-state index in [4.69, 9.17) is 10.00 Å². The normalized spacial score (nSPS) is 23.3. The zero-order chi connectivity index (χ0) is 14.2. The molecule has 0 aliphatic carbocycles. The Hall–Kier alpha value is -1.31. The van der Waals surface area contributed by atoms with E-state index in [-0.39, 0.29) is 11.6 Å². The first-order valence-corrected chi connectivity index (χ1v) is 6.77. The summed E-state index contributed by atoms with van der Waals surface area (Å²) < 4.78 is 7.71. The molecular weight excluding hydrogens is 238 g/mol. The maximum Gasteiger partial charge on any atom is 0.120 e. The van der Waals surface area contributed by atoms with Crippen LogP contribution in [-0.2, 0) is 18.3 Å². The largest absolute Gasteiger partial charge is 0.375 e. The van der Waals surface area contributed by atoms with Gasteiger partial charge in [0.1, 0.15) is 11.8 Å². The van der Waals surface area contributed by atoms with Gasteiger partial charge in [-0.05, 0) is 39.3 Å². The van der Waals surface area contributed by atoms with E-state index in [1.807, 2.05) is 17.7 Å². The minimum atomic E-state index is 0.0433. The fourth-order valence-electron chi connectivity index (χ4n) is 2.56. The van der Waals surface area contributed by atoms with E-state index in [1.54, 1.807) is 0 Å². The molecule has 1 unspecified atom stereocenters. The molecule has 0 aromatic carbocycles. The van der Waals surface area contributed by atoms with Gasteiger partial charge in [-0.25, -0.2) is 0 Å². The number of morpholine rings is 1. The summed E-state index contributed by atoms with van der Waals surface area (Å²) in [6.45, 7) is 11.2. The van der Waals surface area contributed by atoms with E-state index in [1.165, 1.54) is 11.3 Å². The Bertz CT molecular complexity index is 510. The number of ether oxygens (including phenoxy) is 1. The third-order valence-electron chi connectivity index (χ3n) is 4.17. The van der Waals surface area contributed by atoms with Crippen LogP contribution in [0.3, 0.4) is 0 Å². The van der Waals surface area contributed by atoms with Crippen LogP contribution in [-0.4, -0.2) is 34.3 Å². The molecule has 0 N–H and O–H groups in total. The summed E-state index contributed by atoms with van der Waals surface area (Å²) in [7, 11) is 1.95. The van der Waals surface area contributed by atoms with Gasteiger partial charge >= 0.3 is 0 Å². The molecule has 1 saturated heterocycles. The Balaban J connectivity index is 2.23. The topological polar surface area (TPSA) is 41.2 Å². The van der Waals surface area contributed by atoms with Crippen molar-refractivity contribution in [3.05, 3.63) is 23.0 Å². The van der Waals surface area contributed by atoms with Crippen molar-refractivity contribution in [3.8, 4) is 6.07 Å². The predicted molar refractivity (Wildman–Crippen MR) is 74.8 cm³/mol. The summed E-state index contributed by atoms with van der Waals surface area (Å²) in [6.07, 6.45) is 0.271. The van der Waals surface area contributed by atoms with Crippen LogP contribution in [0.15, 0.2) is 6.07 Å². The lowest BCUT2D eigenvalue weighted by Crippen LogP contribution is -2.54. The van der Waals surface area contributed by atoms with E-state index in [2.05, 4.69) is 38.7 Å². The standard InChI is InChI=1S/C15H23N3O/c1-11-8-18(15(3,4)10-19-11)9-13-6-14(7-16)17(5)12(13)2/h6,11H,8-10H2,1-5H3. The Kier molecular flexibility index (Phi) is 3.71. The molecule has 0 radical (unpaired) electrons. The number of hydrogen-bond donors (Lipinski definition) is 0. The molecule has 1 atom stereocenters. The number of nitrogens with zero attached hydrogens (tertiary/aromatic N) is 3. The maximum atomic E-state index is 9.10. The van der Waals surface area contributed by atoms with Gasteiger partial charge in [-0.3, -0.25) is 4.90 Å². The van der Waals surface area contributed by atoms with Gasteiger partial charge in [0.05, 0.1) is 12.7 Å². The number of rotatable bonds is 2. The van der Waals surface area contributed by atoms with Crippen molar-refractivity contribution in [2.75, 3.05) is 13.2 Å². The highest BCUT2D eigenvalue weighted by atomic mass is 16.5. The average molecular weight is 261 g/mol. The van der Waals surface area contributed by atoms with Crippen LogP contribution in [0.25, 0.3) is 0 Å². The van der Waals surface area contributed by atoms with Gasteiger partial charge in [-0.2, -0.15) is 5.26 Å². The van der Waals surface area contributed by atoms with Gasteiger partial charge in [-0.15, -0.1) is 0 Å². The van der Waals surface area contributed by atoms with Crippen LogP contribution >= 0.6 is 0 Å². The molecule has 19 heavy (non-hydrogen) atoms. The second-order valence-electron chi connectivity index (χ2n) is 6.13. The molecule has 1 aromatic heterocycles. The SMILES string of the molecule is Cc1c(CN2CC(C)OCC2(C)C)cc(C#N)n1C. The molecule has 0 saturated carbocycles. The minimum absolute atomic E-state index is 0.0433. The van der Waals surface area contributed by atoms with Gasteiger partial charge in [-0.1, -0.05) is 0 Å². The van der Waals surface area contributed by atoms with E-state index in [0.717, 1.165) is 25.4 Å². The number of nitriles is 1. The third kappa shape index (κ3) is 2.68. The van der Waals surface area contributed by atoms with Gasteiger partial charge in [0.15, 0.2) is 0 Å². The Morgan fingerprint density at radius 2 is 2.21 bits per heavy atom. The summed E-state index contributed by atoms with van der Waals surface area (Å²) in [4.78, 5) is 2.45. The molecule has 0 spiro atoms. The highest BCUT2D eigenvalue weighted by Crippen LogP contribution is 2.26. The first kappa shape index (κ1) is 14.1. The quantitative estimate of drug-likeness (QED) is 0.819. The Labute approximate surface area is 115 Å². The lowest BCUT2D eigenvalue weighted by Gasteiger charge is -2.44. The van der Waals surface area contributed by atoms with E-state index >= 15 is 0 Å². The highest BCUT2D eigenvalue weighted by molar-refractivity contribution is 5.34. The van der Waals surface area contributed by atoms with Gasteiger partial charge in [0, 0.05) is 31.4 Å². The molecule has 104 valence electrons. The van der Waals surface area contributed by atoms with E-state index in [9.17, 15) is 0 Å². The number of aromatic nitrogens is 1. The van der Waals surface area contributed by atoms with E-state index in [0.29, 0.717) is 0 Å². The van der Waals surface area contributed by atoms with Crippen LogP contribution in [0.4, 0.5) is 0 Å². The van der Waals surface area contributed by atoms with Crippen LogP contribution in [0.2, 0.25) is 0 Å². The summed E-state index contributed by atoms with van der Waals surface area (Å²) in [6, 6.07) is 4.25. The molecule has 1 aliphatic rings. The Morgan fingerprint density at radius 3 is 2.79 bits per heavy atom. The molecule has 4 nitrogen and oxygen atoms in total. The fourth-order valence-corrected chi connectivity index (χ4v) is 2.56. The maximum absolute atomic E-state index is 9.10. The molecule has 1 aromatic rings. The number of hydrogen-bond acceptors (Lipinski definition) is 3. The molecular formula is C15H23N3O. The van der Waals surface area contributed by atoms with Crippen LogP contribution in [0, 0.1) is 18.3 Å². The fraction of sp³-hybridized carbons (Fsp3) is 0.667. The monoisotopic (exact) mass is 261 g/mol. The van der Waals surface area contributed by atoms with Gasteiger partial charge in [0.25, 0.3) is 0 Å². The molecule has 1 aliphatic heterocycles. The van der Waals surface area contributed by atoms with Crippen LogP contribution in [0.1, 0.15) is 37.7 Å². The first-order chi connectivity index (χ1) is 8.85. The second kappa shape index (κ2) is 4.99. The summed E-state index contributed by atoms with van der Waals surface area (Å²) in [5.41, 5.74) is 3.18. The van der Waals surface area contributed by atoms with Crippen molar-refractivity contribution in [2.24, 2.45) is 7.05 Å². The molecule has 0 amide bonds. The van der Waals surface area contributed by atoms with Crippen LogP contribution in [0.5, 0.6) is 0 Å². The molecule has 0 bridgehead atoms. The van der Waals surface area contributed by atoms with Crippen molar-refractivity contribution < 1.29 is 4.74 Å². The van der Waals surface area contributed by atoms with Crippen molar-refractivity contribution in [3.63, 3.8) is 0 Å². The zero-order valence-corrected chi connectivity index (χ0v) is 12.5. The lowest BCUT2D eigenvalue weighted by molar-refractivity contribution is -0.0950. The summed E-state index contributed by atoms with van der Waals surface area (Å²) in [5, 5.41) is 9.10. The highest BCUT2D eigenvalue weighted by Gasteiger charge is 2.33. The van der Waals surface area contributed by atoms with E-state index < -0.39 is 0 Å². The van der Waals surface area contributed by atoms with Gasteiger partial charge in [0.2, 0.25) is 0 Å².